The van der Waals surface area contributed by atoms with E-state index in [-0.39, 0.29) is 12.4 Å². The lowest BCUT2D eigenvalue weighted by Gasteiger charge is -2.10. The van der Waals surface area contributed by atoms with Gasteiger partial charge < -0.3 is 9.30 Å². The number of hydrogen-bond donors (Lipinski definition) is 0. The van der Waals surface area contributed by atoms with E-state index >= 15 is 0 Å². The van der Waals surface area contributed by atoms with Gasteiger partial charge in [0, 0.05) is 23.5 Å². The van der Waals surface area contributed by atoms with Gasteiger partial charge in [0.05, 0.1) is 24.1 Å². The summed E-state index contributed by atoms with van der Waals surface area (Å²) in [5.74, 6) is -0.291. The molecule has 4 nitrogen and oxygen atoms in total. The second kappa shape index (κ2) is 8.33. The molecule has 0 fully saturated rings. The van der Waals surface area contributed by atoms with E-state index in [9.17, 15) is 4.79 Å². The molecule has 2 aromatic carbocycles. The highest BCUT2D eigenvalue weighted by molar-refractivity contribution is 6.32. The highest BCUT2D eigenvalue weighted by Crippen LogP contribution is 2.35. The Kier molecular flexibility index (Phi) is 5.87. The fraction of sp³-hybridized carbons (Fsp3) is 0.217. The molecule has 0 saturated carbocycles. The zero-order chi connectivity index (χ0) is 20.3. The fourth-order valence-electron chi connectivity index (χ4n) is 3.53. The van der Waals surface area contributed by atoms with Gasteiger partial charge >= 0.3 is 5.97 Å². The molecule has 1 aromatic heterocycles. The van der Waals surface area contributed by atoms with Crippen molar-refractivity contribution in [1.29, 1.82) is 5.26 Å². The zero-order valence-electron chi connectivity index (χ0n) is 16.1. The van der Waals surface area contributed by atoms with Crippen LogP contribution in [0.2, 0.25) is 5.02 Å². The summed E-state index contributed by atoms with van der Waals surface area (Å²) in [6, 6.07) is 17.6. The molecular weight excluding hydrogens is 372 g/mol. The van der Waals surface area contributed by atoms with Gasteiger partial charge in [0.1, 0.15) is 6.07 Å². The van der Waals surface area contributed by atoms with Crippen LogP contribution in [0.15, 0.2) is 48.5 Å². The highest BCUT2D eigenvalue weighted by atomic mass is 35.5. The monoisotopic (exact) mass is 392 g/mol. The average Bonchev–Trinajstić information content (AvgIpc) is 2.93. The third-order valence-corrected chi connectivity index (χ3v) is 5.33. The minimum absolute atomic E-state index is 0.178. The maximum Gasteiger partial charge on any atom is 0.310 e. The van der Waals surface area contributed by atoms with Crippen LogP contribution in [0, 0.1) is 25.2 Å². The largest absolute Gasteiger partial charge is 0.469 e. The van der Waals surface area contributed by atoms with E-state index in [2.05, 4.69) is 22.8 Å². The number of ether oxygens (including phenoxy) is 1. The van der Waals surface area contributed by atoms with Crippen molar-refractivity contribution in [3.05, 3.63) is 81.6 Å². The average molecular weight is 393 g/mol. The van der Waals surface area contributed by atoms with E-state index in [4.69, 9.17) is 21.6 Å². The second-order valence-electron chi connectivity index (χ2n) is 6.66. The van der Waals surface area contributed by atoms with Crippen LogP contribution in [0.4, 0.5) is 0 Å². The topological polar surface area (TPSA) is 55.0 Å². The van der Waals surface area contributed by atoms with Crippen molar-refractivity contribution in [1.82, 2.24) is 4.57 Å². The van der Waals surface area contributed by atoms with Gasteiger partial charge in [0.25, 0.3) is 0 Å². The minimum atomic E-state index is -0.291. The molecule has 0 N–H and O–H groups in total. The number of nitrogens with zero attached hydrogens (tertiary/aromatic N) is 2. The van der Waals surface area contributed by atoms with Crippen molar-refractivity contribution >= 4 is 17.6 Å². The normalized spacial score (nSPS) is 10.5. The van der Waals surface area contributed by atoms with E-state index in [1.807, 2.05) is 38.1 Å². The molecule has 5 heteroatoms. The summed E-state index contributed by atoms with van der Waals surface area (Å²) in [7, 11) is 1.39. The molecule has 0 saturated heterocycles. The molecule has 142 valence electrons. The molecular formula is C23H21ClN2O2. The Balaban J connectivity index is 2.16. The van der Waals surface area contributed by atoms with Crippen molar-refractivity contribution in [3.63, 3.8) is 0 Å². The third-order valence-electron chi connectivity index (χ3n) is 5.02. The summed E-state index contributed by atoms with van der Waals surface area (Å²) >= 11 is 6.27. The number of halogens is 1. The zero-order valence-corrected chi connectivity index (χ0v) is 16.9. The van der Waals surface area contributed by atoms with Crippen LogP contribution in [0.25, 0.3) is 11.1 Å². The smallest absolute Gasteiger partial charge is 0.310 e. The molecule has 3 rings (SSSR count). The first kappa shape index (κ1) is 19.7. The first-order valence-corrected chi connectivity index (χ1v) is 9.33. The number of hydrogen-bond acceptors (Lipinski definition) is 3. The number of nitriles is 1. The van der Waals surface area contributed by atoms with Crippen LogP contribution in [0.1, 0.15) is 28.1 Å². The Morgan fingerprint density at radius 3 is 2.46 bits per heavy atom. The van der Waals surface area contributed by atoms with Gasteiger partial charge in [-0.3, -0.25) is 4.79 Å². The predicted molar refractivity (Wildman–Crippen MR) is 110 cm³/mol. The molecule has 1 heterocycles. The summed E-state index contributed by atoms with van der Waals surface area (Å²) < 4.78 is 7.11. The molecule has 0 aliphatic carbocycles. The van der Waals surface area contributed by atoms with E-state index < -0.39 is 0 Å². The van der Waals surface area contributed by atoms with Crippen LogP contribution in [0.5, 0.6) is 0 Å². The number of rotatable bonds is 5. The molecule has 3 aromatic rings. The predicted octanol–water partition coefficient (Wildman–Crippen LogP) is 5.06. The number of benzene rings is 2. The highest BCUT2D eigenvalue weighted by Gasteiger charge is 2.22. The number of carbonyl (C=O) groups is 1. The van der Waals surface area contributed by atoms with Gasteiger partial charge in [0.2, 0.25) is 0 Å². The molecule has 0 aliphatic rings. The Morgan fingerprint density at radius 1 is 1.14 bits per heavy atom. The van der Waals surface area contributed by atoms with Crippen LogP contribution in [-0.2, 0) is 22.5 Å². The molecule has 0 aliphatic heterocycles. The molecule has 0 unspecified atom stereocenters. The Hall–Kier alpha value is -3.03. The van der Waals surface area contributed by atoms with Crippen molar-refractivity contribution in [3.8, 4) is 17.2 Å². The summed E-state index contributed by atoms with van der Waals surface area (Å²) in [4.78, 5) is 12.1. The van der Waals surface area contributed by atoms with Gasteiger partial charge in [-0.1, -0.05) is 48.0 Å². The lowest BCUT2D eigenvalue weighted by atomic mass is 9.97. The molecule has 0 amide bonds. The number of methoxy groups -OCH3 is 1. The Morgan fingerprint density at radius 2 is 1.86 bits per heavy atom. The first-order valence-electron chi connectivity index (χ1n) is 8.95. The fourth-order valence-corrected chi connectivity index (χ4v) is 3.75. The van der Waals surface area contributed by atoms with Gasteiger partial charge in [-0.05, 0) is 42.7 Å². The summed E-state index contributed by atoms with van der Waals surface area (Å²) in [6.45, 7) is 4.76. The van der Waals surface area contributed by atoms with E-state index in [1.54, 1.807) is 12.1 Å². The summed E-state index contributed by atoms with van der Waals surface area (Å²) in [6.07, 6.45) is 0.178. The van der Waals surface area contributed by atoms with Gasteiger partial charge in [0.15, 0.2) is 0 Å². The Labute approximate surface area is 169 Å². The summed E-state index contributed by atoms with van der Waals surface area (Å²) in [5, 5.41) is 9.55. The first-order chi connectivity index (χ1) is 13.5. The van der Waals surface area contributed by atoms with Crippen LogP contribution in [0.3, 0.4) is 0 Å². The minimum Gasteiger partial charge on any atom is -0.469 e. The van der Waals surface area contributed by atoms with Crippen molar-refractivity contribution < 1.29 is 9.53 Å². The maximum atomic E-state index is 12.1. The summed E-state index contributed by atoms with van der Waals surface area (Å²) in [5.41, 5.74) is 6.43. The lowest BCUT2D eigenvalue weighted by Crippen LogP contribution is -2.07. The van der Waals surface area contributed by atoms with Crippen molar-refractivity contribution in [2.45, 2.75) is 26.8 Å². The van der Waals surface area contributed by atoms with E-state index in [1.165, 1.54) is 12.7 Å². The van der Waals surface area contributed by atoms with Gasteiger partial charge in [-0.25, -0.2) is 0 Å². The van der Waals surface area contributed by atoms with E-state index in [0.29, 0.717) is 17.1 Å². The molecule has 0 bridgehead atoms. The van der Waals surface area contributed by atoms with Gasteiger partial charge in [-0.15, -0.1) is 0 Å². The molecule has 0 radical (unpaired) electrons. The second-order valence-corrected chi connectivity index (χ2v) is 7.06. The number of esters is 1. The number of aromatic nitrogens is 1. The van der Waals surface area contributed by atoms with Crippen LogP contribution < -0.4 is 0 Å². The quantitative estimate of drug-likeness (QED) is 0.570. The number of carbonyl (C=O) groups excluding carboxylic acids is 1. The molecule has 28 heavy (non-hydrogen) atoms. The molecule has 0 atom stereocenters. The maximum absolute atomic E-state index is 12.1. The van der Waals surface area contributed by atoms with Gasteiger partial charge in [-0.2, -0.15) is 5.26 Å². The van der Waals surface area contributed by atoms with Crippen LogP contribution in [-0.4, -0.2) is 17.6 Å². The SMILES string of the molecule is COC(=O)Cc1c(-c2ccc(C#N)c(Cl)c2)c(C)n(Cc2ccccc2)c1C. The lowest BCUT2D eigenvalue weighted by molar-refractivity contribution is -0.139. The van der Waals surface area contributed by atoms with Crippen LogP contribution >= 0.6 is 11.6 Å². The van der Waals surface area contributed by atoms with E-state index in [0.717, 1.165) is 28.1 Å². The Bertz CT molecular complexity index is 1060. The van der Waals surface area contributed by atoms with Crippen molar-refractivity contribution in [2.75, 3.05) is 7.11 Å². The third kappa shape index (κ3) is 3.81. The van der Waals surface area contributed by atoms with Crippen molar-refractivity contribution in [2.24, 2.45) is 0 Å². The standard InChI is InChI=1S/C23H21ClN2O2/c1-15-20(12-22(27)28-3)23(18-9-10-19(13-25)21(24)11-18)16(2)26(15)14-17-7-5-4-6-8-17/h4-11H,12,14H2,1-3H3. The molecule has 0 spiro atoms.